The Kier molecular flexibility index (Phi) is 4.09. The lowest BCUT2D eigenvalue weighted by molar-refractivity contribution is 0.434. The average Bonchev–Trinajstić information content (AvgIpc) is 2.15. The third-order valence-electron chi connectivity index (χ3n) is 2.50. The molecule has 0 aromatic carbocycles. The zero-order chi connectivity index (χ0) is 8.81. The molecule has 1 N–H and O–H groups in total. The fourth-order valence-electron chi connectivity index (χ4n) is 1.80. The lowest BCUT2D eigenvalue weighted by atomic mass is 9.95. The number of nitrogens with one attached hydrogen (secondary N) is 1. The minimum absolute atomic E-state index is 0.627. The van der Waals surface area contributed by atoms with Gasteiger partial charge in [-0.3, -0.25) is 0 Å². The first kappa shape index (κ1) is 9.53. The second-order valence-electron chi connectivity index (χ2n) is 3.33. The van der Waals surface area contributed by atoms with E-state index in [0.717, 1.165) is 6.42 Å². The predicted octanol–water partition coefficient (Wildman–Crippen LogP) is 2.65. The van der Waals surface area contributed by atoms with E-state index in [9.17, 15) is 0 Å². The molecule has 68 valence electrons. The summed E-state index contributed by atoms with van der Waals surface area (Å²) in [6, 6.07) is 0.627. The van der Waals surface area contributed by atoms with E-state index < -0.39 is 0 Å². The van der Waals surface area contributed by atoms with Crippen LogP contribution in [0.25, 0.3) is 0 Å². The van der Waals surface area contributed by atoms with Crippen molar-refractivity contribution in [2.45, 2.75) is 38.6 Å². The summed E-state index contributed by atoms with van der Waals surface area (Å²) in [6.45, 7) is 7.13. The zero-order valence-corrected chi connectivity index (χ0v) is 7.97. The molecular weight excluding hydrogens is 146 g/mol. The molecule has 1 heterocycles. The van der Waals surface area contributed by atoms with Crippen LogP contribution in [0.1, 0.15) is 32.6 Å². The first-order chi connectivity index (χ1) is 5.88. The second kappa shape index (κ2) is 5.15. The lowest BCUT2D eigenvalue weighted by Gasteiger charge is -2.25. The third-order valence-corrected chi connectivity index (χ3v) is 2.50. The van der Waals surface area contributed by atoms with Gasteiger partial charge in [-0.2, -0.15) is 0 Å². The summed E-state index contributed by atoms with van der Waals surface area (Å²) in [6.07, 6.45) is 9.20. The number of allylic oxidation sites excluding steroid dienone is 2. The number of hydrogen-bond donors (Lipinski definition) is 1. The molecule has 0 bridgehead atoms. The monoisotopic (exact) mass is 165 g/mol. The number of piperidine rings is 1. The normalized spacial score (nSPS) is 25.4. The largest absolute Gasteiger partial charge is 0.310 e. The molecule has 0 aromatic rings. The van der Waals surface area contributed by atoms with Crippen molar-refractivity contribution in [2.75, 3.05) is 6.54 Å². The van der Waals surface area contributed by atoms with Crippen molar-refractivity contribution >= 4 is 0 Å². The Bertz CT molecular complexity index is 164. The highest BCUT2D eigenvalue weighted by Gasteiger charge is 2.14. The van der Waals surface area contributed by atoms with Gasteiger partial charge < -0.3 is 5.32 Å². The molecule has 0 aromatic heterocycles. The van der Waals surface area contributed by atoms with Crippen LogP contribution in [0.15, 0.2) is 24.3 Å². The third kappa shape index (κ3) is 2.49. The molecule has 1 fully saturated rings. The highest BCUT2D eigenvalue weighted by Crippen LogP contribution is 2.17. The zero-order valence-electron chi connectivity index (χ0n) is 7.97. The molecule has 0 saturated carbocycles. The molecule has 1 aliphatic heterocycles. The van der Waals surface area contributed by atoms with Crippen molar-refractivity contribution in [3.63, 3.8) is 0 Å². The maximum Gasteiger partial charge on any atom is 0.0282 e. The number of rotatable bonds is 3. The summed E-state index contributed by atoms with van der Waals surface area (Å²) in [5.74, 6) is 0. The summed E-state index contributed by atoms with van der Waals surface area (Å²) >= 11 is 0. The van der Waals surface area contributed by atoms with Gasteiger partial charge in [-0.25, -0.2) is 0 Å². The molecule has 0 amide bonds. The predicted molar refractivity (Wildman–Crippen MR) is 54.2 cm³/mol. The van der Waals surface area contributed by atoms with Crippen LogP contribution in [0.3, 0.4) is 0 Å². The summed E-state index contributed by atoms with van der Waals surface area (Å²) in [5.41, 5.74) is 1.50. The molecule has 1 rings (SSSR count). The first-order valence-corrected chi connectivity index (χ1v) is 4.93. The molecule has 1 nitrogen and oxygen atoms in total. The van der Waals surface area contributed by atoms with Crippen molar-refractivity contribution in [2.24, 2.45) is 0 Å². The Morgan fingerprint density at radius 1 is 1.58 bits per heavy atom. The van der Waals surface area contributed by atoms with E-state index in [2.05, 4.69) is 24.9 Å². The molecule has 1 atom stereocenters. The molecular formula is C11H19N. The fourth-order valence-corrected chi connectivity index (χ4v) is 1.80. The summed E-state index contributed by atoms with van der Waals surface area (Å²) < 4.78 is 0. The summed E-state index contributed by atoms with van der Waals surface area (Å²) in [7, 11) is 0. The van der Waals surface area contributed by atoms with Gasteiger partial charge in [-0.05, 0) is 25.8 Å². The van der Waals surface area contributed by atoms with E-state index in [1.807, 2.05) is 6.08 Å². The van der Waals surface area contributed by atoms with Crippen LogP contribution in [0.2, 0.25) is 0 Å². The minimum atomic E-state index is 0.627. The quantitative estimate of drug-likeness (QED) is 0.634. The van der Waals surface area contributed by atoms with E-state index in [1.165, 1.54) is 31.4 Å². The van der Waals surface area contributed by atoms with Crippen LogP contribution < -0.4 is 5.32 Å². The standard InChI is InChI=1S/C11H19N/c1-3-7-10(4-2)11-8-5-6-9-12-11/h3,7,11-12H,1,4-6,8-9H2,2H3. The first-order valence-electron chi connectivity index (χ1n) is 4.93. The molecule has 0 radical (unpaired) electrons. The fraction of sp³-hybridized carbons (Fsp3) is 0.636. The topological polar surface area (TPSA) is 12.0 Å². The maximum absolute atomic E-state index is 3.74. The second-order valence-corrected chi connectivity index (χ2v) is 3.33. The summed E-state index contributed by atoms with van der Waals surface area (Å²) in [4.78, 5) is 0. The van der Waals surface area contributed by atoms with E-state index in [-0.39, 0.29) is 0 Å². The van der Waals surface area contributed by atoms with Gasteiger partial charge in [0.05, 0.1) is 0 Å². The van der Waals surface area contributed by atoms with E-state index in [1.54, 1.807) is 0 Å². The average molecular weight is 165 g/mol. The molecule has 1 unspecified atom stereocenters. The van der Waals surface area contributed by atoms with Crippen molar-refractivity contribution < 1.29 is 0 Å². The Morgan fingerprint density at radius 2 is 2.42 bits per heavy atom. The SMILES string of the molecule is C=CC=C(CC)C1CCCCN1. The van der Waals surface area contributed by atoms with Crippen molar-refractivity contribution in [3.8, 4) is 0 Å². The minimum Gasteiger partial charge on any atom is -0.310 e. The Balaban J connectivity index is 2.51. The molecule has 1 saturated heterocycles. The smallest absolute Gasteiger partial charge is 0.0282 e. The van der Waals surface area contributed by atoms with E-state index in [0.29, 0.717) is 6.04 Å². The molecule has 1 heteroatoms. The van der Waals surface area contributed by atoms with Crippen LogP contribution in [0.4, 0.5) is 0 Å². The Hall–Kier alpha value is -0.560. The molecule has 0 spiro atoms. The molecule has 0 aliphatic carbocycles. The van der Waals surface area contributed by atoms with Gasteiger partial charge >= 0.3 is 0 Å². The van der Waals surface area contributed by atoms with Gasteiger partial charge in [0.2, 0.25) is 0 Å². The van der Waals surface area contributed by atoms with Crippen LogP contribution in [-0.2, 0) is 0 Å². The van der Waals surface area contributed by atoms with Crippen molar-refractivity contribution in [1.29, 1.82) is 0 Å². The maximum atomic E-state index is 3.74. The van der Waals surface area contributed by atoms with Gasteiger partial charge in [0.25, 0.3) is 0 Å². The summed E-state index contributed by atoms with van der Waals surface area (Å²) in [5, 5.41) is 3.54. The van der Waals surface area contributed by atoms with Crippen LogP contribution in [0.5, 0.6) is 0 Å². The van der Waals surface area contributed by atoms with E-state index >= 15 is 0 Å². The van der Waals surface area contributed by atoms with Crippen LogP contribution >= 0.6 is 0 Å². The van der Waals surface area contributed by atoms with Crippen LogP contribution in [-0.4, -0.2) is 12.6 Å². The highest BCUT2D eigenvalue weighted by molar-refractivity contribution is 5.16. The van der Waals surface area contributed by atoms with Gasteiger partial charge in [-0.1, -0.05) is 37.6 Å². The van der Waals surface area contributed by atoms with Crippen LogP contribution in [0, 0.1) is 0 Å². The molecule has 12 heavy (non-hydrogen) atoms. The van der Waals surface area contributed by atoms with Gasteiger partial charge in [0, 0.05) is 6.04 Å². The van der Waals surface area contributed by atoms with E-state index in [4.69, 9.17) is 0 Å². The Labute approximate surface area is 75.6 Å². The van der Waals surface area contributed by atoms with Gasteiger partial charge in [-0.15, -0.1) is 0 Å². The van der Waals surface area contributed by atoms with Crippen molar-refractivity contribution in [3.05, 3.63) is 24.3 Å². The van der Waals surface area contributed by atoms with Crippen molar-refractivity contribution in [1.82, 2.24) is 5.32 Å². The number of hydrogen-bond acceptors (Lipinski definition) is 1. The highest BCUT2D eigenvalue weighted by atomic mass is 14.9. The lowest BCUT2D eigenvalue weighted by Crippen LogP contribution is -2.35. The van der Waals surface area contributed by atoms with Gasteiger partial charge in [0.15, 0.2) is 0 Å². The Morgan fingerprint density at radius 3 is 2.92 bits per heavy atom. The molecule has 1 aliphatic rings. The van der Waals surface area contributed by atoms with Gasteiger partial charge in [0.1, 0.15) is 0 Å².